The Hall–Kier alpha value is -2.98. The minimum atomic E-state index is -1.10. The number of nitrogens with two attached hydrogens (primary N) is 1. The summed E-state index contributed by atoms with van der Waals surface area (Å²) in [5.41, 5.74) is 4.58. The zero-order valence-electron chi connectivity index (χ0n) is 26.3. The van der Waals surface area contributed by atoms with Gasteiger partial charge in [0.05, 0.1) is 12.1 Å². The van der Waals surface area contributed by atoms with Crippen LogP contribution in [-0.4, -0.2) is 70.9 Å². The van der Waals surface area contributed by atoms with Crippen molar-refractivity contribution in [3.8, 4) is 0 Å². The molecule has 11 heteroatoms. The fourth-order valence-electron chi connectivity index (χ4n) is 5.89. The molecular weight excluding hydrogens is 538 g/mol. The SMILES string of the molecule is CC(C)[C@@H]1C[C@@H](C(=O)NC(CC2CCC2)C(=O)C(N)=O)N(C(=O)[C@@H](NC(=O)N[C@H](C(=O)C2CC2)C(C)C)C(C)(C)C)C1. The molecule has 236 valence electrons. The van der Waals surface area contributed by atoms with E-state index in [1.54, 1.807) is 0 Å². The molecule has 3 aliphatic rings. The molecule has 3 rings (SSSR count). The first-order chi connectivity index (χ1) is 19.5. The van der Waals surface area contributed by atoms with Gasteiger partial charge in [0.1, 0.15) is 12.1 Å². The largest absolute Gasteiger partial charge is 0.363 e. The van der Waals surface area contributed by atoms with E-state index in [1.807, 2.05) is 48.5 Å². The van der Waals surface area contributed by atoms with Crippen molar-refractivity contribution in [2.75, 3.05) is 6.54 Å². The van der Waals surface area contributed by atoms with Crippen LogP contribution in [0.1, 0.15) is 93.4 Å². The van der Waals surface area contributed by atoms with Crippen LogP contribution in [0.3, 0.4) is 0 Å². The molecule has 0 aromatic rings. The quantitative estimate of drug-likeness (QED) is 0.240. The topological polar surface area (TPSA) is 168 Å². The minimum absolute atomic E-state index is 0.0109. The van der Waals surface area contributed by atoms with E-state index in [1.165, 1.54) is 4.90 Å². The summed E-state index contributed by atoms with van der Waals surface area (Å²) in [6, 6.07) is -4.15. The number of amides is 5. The van der Waals surface area contributed by atoms with Gasteiger partial charge in [0.2, 0.25) is 17.6 Å². The molecule has 1 saturated heterocycles. The maximum Gasteiger partial charge on any atom is 0.316 e. The van der Waals surface area contributed by atoms with Crippen LogP contribution < -0.4 is 21.7 Å². The average Bonchev–Trinajstić information content (AvgIpc) is 3.62. The lowest BCUT2D eigenvalue weighted by molar-refractivity contribution is -0.143. The number of nitrogens with one attached hydrogen (secondary N) is 3. The molecule has 2 saturated carbocycles. The highest BCUT2D eigenvalue weighted by Crippen LogP contribution is 2.34. The molecule has 42 heavy (non-hydrogen) atoms. The van der Waals surface area contributed by atoms with Crippen LogP contribution in [0.25, 0.3) is 0 Å². The zero-order valence-corrected chi connectivity index (χ0v) is 26.3. The number of nitrogens with zero attached hydrogens (tertiary/aromatic N) is 1. The summed E-state index contributed by atoms with van der Waals surface area (Å²) in [6.07, 6.45) is 5.28. The van der Waals surface area contributed by atoms with Crippen molar-refractivity contribution in [2.45, 2.75) is 118 Å². The standard InChI is InChI=1S/C31H51N5O6/c1-16(2)20-14-22(28(40)33-21(25(38)27(32)39)13-18-9-8-10-18)36(15-20)29(41)26(31(5,6)7)35-30(42)34-23(17(3)4)24(37)19-11-12-19/h16-23,26H,8-15H2,1-7H3,(H2,32,39)(H,33,40)(H2,34,35,42)/t20-,21?,22+,23+,26-/m1/s1. The van der Waals surface area contributed by atoms with E-state index in [0.29, 0.717) is 19.4 Å². The summed E-state index contributed by atoms with van der Waals surface area (Å²) < 4.78 is 0. The second kappa shape index (κ2) is 13.5. The van der Waals surface area contributed by atoms with Crippen LogP contribution in [0.2, 0.25) is 0 Å². The number of likely N-dealkylation sites (tertiary alicyclic amines) is 1. The number of primary amides is 1. The molecule has 0 radical (unpaired) electrons. The normalized spacial score (nSPS) is 23.1. The first-order valence-electron chi connectivity index (χ1n) is 15.6. The Morgan fingerprint density at radius 3 is 1.98 bits per heavy atom. The predicted octanol–water partition coefficient (Wildman–Crippen LogP) is 2.31. The van der Waals surface area contributed by atoms with Crippen LogP contribution in [0.5, 0.6) is 0 Å². The summed E-state index contributed by atoms with van der Waals surface area (Å²) in [6.45, 7) is 13.6. The molecule has 1 unspecified atom stereocenters. The van der Waals surface area contributed by atoms with Crippen molar-refractivity contribution in [3.05, 3.63) is 0 Å². The van der Waals surface area contributed by atoms with E-state index in [4.69, 9.17) is 5.73 Å². The Morgan fingerprint density at radius 1 is 0.905 bits per heavy atom. The lowest BCUT2D eigenvalue weighted by Gasteiger charge is -2.36. The molecule has 3 fully saturated rings. The number of hydrogen-bond acceptors (Lipinski definition) is 6. The molecule has 1 aliphatic heterocycles. The molecule has 1 heterocycles. The minimum Gasteiger partial charge on any atom is -0.363 e. The van der Waals surface area contributed by atoms with Crippen LogP contribution >= 0.6 is 0 Å². The number of hydrogen-bond donors (Lipinski definition) is 4. The molecule has 0 spiro atoms. The van der Waals surface area contributed by atoms with Gasteiger partial charge in [-0.3, -0.25) is 24.0 Å². The number of Topliss-reactive ketones (excluding diaryl/α,β-unsaturated/α-hetero) is 2. The third-order valence-electron chi connectivity index (χ3n) is 9.16. The van der Waals surface area contributed by atoms with Crippen molar-refractivity contribution in [1.82, 2.24) is 20.9 Å². The van der Waals surface area contributed by atoms with E-state index in [2.05, 4.69) is 16.0 Å². The Bertz CT molecular complexity index is 1060. The maximum absolute atomic E-state index is 14.1. The monoisotopic (exact) mass is 589 g/mol. The molecular formula is C31H51N5O6. The highest BCUT2D eigenvalue weighted by atomic mass is 16.2. The predicted molar refractivity (Wildman–Crippen MR) is 158 cm³/mol. The van der Waals surface area contributed by atoms with Crippen molar-refractivity contribution >= 4 is 35.3 Å². The molecule has 11 nitrogen and oxygen atoms in total. The van der Waals surface area contributed by atoms with Gasteiger partial charge in [0.25, 0.3) is 5.91 Å². The van der Waals surface area contributed by atoms with Gasteiger partial charge < -0.3 is 26.6 Å². The van der Waals surface area contributed by atoms with Gasteiger partial charge in [-0.25, -0.2) is 4.79 Å². The molecule has 0 bridgehead atoms. The van der Waals surface area contributed by atoms with Crippen LogP contribution in [0.4, 0.5) is 4.79 Å². The molecule has 0 aromatic carbocycles. The fraction of sp³-hybridized carbons (Fsp3) is 0.806. The van der Waals surface area contributed by atoms with E-state index >= 15 is 0 Å². The van der Waals surface area contributed by atoms with Gasteiger partial charge in [0.15, 0.2) is 5.78 Å². The summed E-state index contributed by atoms with van der Waals surface area (Å²) in [5.74, 6) is -2.52. The Morgan fingerprint density at radius 2 is 1.52 bits per heavy atom. The van der Waals surface area contributed by atoms with E-state index in [9.17, 15) is 28.8 Å². The number of urea groups is 1. The first-order valence-corrected chi connectivity index (χ1v) is 15.6. The molecule has 5 N–H and O–H groups in total. The maximum atomic E-state index is 14.1. The number of carbonyl (C=O) groups is 6. The van der Waals surface area contributed by atoms with Gasteiger partial charge in [-0.1, -0.05) is 67.7 Å². The second-order valence-electron chi connectivity index (χ2n) is 14.4. The van der Waals surface area contributed by atoms with Crippen LogP contribution in [0, 0.1) is 35.0 Å². The van der Waals surface area contributed by atoms with Crippen LogP contribution in [0.15, 0.2) is 0 Å². The number of ketones is 2. The van der Waals surface area contributed by atoms with Crippen LogP contribution in [-0.2, 0) is 24.0 Å². The molecule has 0 aromatic heterocycles. The number of rotatable bonds is 13. The third kappa shape index (κ3) is 8.31. The van der Waals surface area contributed by atoms with Crippen molar-refractivity contribution in [3.63, 3.8) is 0 Å². The Balaban J connectivity index is 1.80. The second-order valence-corrected chi connectivity index (χ2v) is 14.4. The van der Waals surface area contributed by atoms with E-state index < -0.39 is 59.1 Å². The Kier molecular flexibility index (Phi) is 10.8. The van der Waals surface area contributed by atoms with Gasteiger partial charge in [-0.05, 0) is 54.8 Å². The molecule has 5 amide bonds. The van der Waals surface area contributed by atoms with Gasteiger partial charge in [0, 0.05) is 12.5 Å². The Labute approximate surface area is 249 Å². The summed E-state index contributed by atoms with van der Waals surface area (Å²) >= 11 is 0. The molecule has 2 aliphatic carbocycles. The molecule has 5 atom stereocenters. The smallest absolute Gasteiger partial charge is 0.316 e. The highest BCUT2D eigenvalue weighted by molar-refractivity contribution is 6.37. The van der Waals surface area contributed by atoms with Crippen molar-refractivity contribution in [2.24, 2.45) is 40.7 Å². The van der Waals surface area contributed by atoms with Crippen molar-refractivity contribution in [1.29, 1.82) is 0 Å². The average molecular weight is 590 g/mol. The first kappa shape index (κ1) is 33.5. The number of carbonyl (C=O) groups excluding carboxylic acids is 6. The summed E-state index contributed by atoms with van der Waals surface area (Å²) in [4.78, 5) is 79.6. The fourth-order valence-corrected chi connectivity index (χ4v) is 5.89. The van der Waals surface area contributed by atoms with Crippen molar-refractivity contribution < 1.29 is 28.8 Å². The highest BCUT2D eigenvalue weighted by Gasteiger charge is 2.46. The zero-order chi connectivity index (χ0) is 31.5. The van der Waals surface area contributed by atoms with Gasteiger partial charge in [-0.15, -0.1) is 0 Å². The third-order valence-corrected chi connectivity index (χ3v) is 9.16. The van der Waals surface area contributed by atoms with Gasteiger partial charge in [-0.2, -0.15) is 0 Å². The van der Waals surface area contributed by atoms with E-state index in [-0.39, 0.29) is 35.4 Å². The van der Waals surface area contributed by atoms with Gasteiger partial charge >= 0.3 is 6.03 Å². The summed E-state index contributed by atoms with van der Waals surface area (Å²) in [7, 11) is 0. The lowest BCUT2D eigenvalue weighted by atomic mass is 9.80. The van der Waals surface area contributed by atoms with E-state index in [0.717, 1.165) is 32.1 Å². The summed E-state index contributed by atoms with van der Waals surface area (Å²) in [5, 5.41) is 8.35. The lowest BCUT2D eigenvalue weighted by Crippen LogP contribution is -2.61.